The third-order valence-electron chi connectivity index (χ3n) is 4.62. The van der Waals surface area contributed by atoms with Gasteiger partial charge in [0.05, 0.1) is 19.9 Å². The molecule has 3 aromatic rings. The molecule has 0 aliphatic carbocycles. The van der Waals surface area contributed by atoms with Gasteiger partial charge in [0.1, 0.15) is 16.4 Å². The van der Waals surface area contributed by atoms with Crippen LogP contribution in [0.3, 0.4) is 0 Å². The average molecular weight is 441 g/mol. The molecule has 1 amide bonds. The summed E-state index contributed by atoms with van der Waals surface area (Å²) in [5.41, 5.74) is 1.67. The predicted octanol–water partition coefficient (Wildman–Crippen LogP) is 3.48. The Balaban J connectivity index is 1.79. The number of benzene rings is 3. The van der Waals surface area contributed by atoms with E-state index < -0.39 is 15.9 Å². The van der Waals surface area contributed by atoms with E-state index in [0.29, 0.717) is 17.9 Å². The maximum atomic E-state index is 12.9. The number of amides is 1. The molecular formula is C23H24N2O5S. The van der Waals surface area contributed by atoms with Gasteiger partial charge < -0.3 is 14.8 Å². The van der Waals surface area contributed by atoms with Crippen molar-refractivity contribution < 1.29 is 22.7 Å². The molecule has 7 nitrogen and oxygen atoms in total. The maximum absolute atomic E-state index is 12.9. The maximum Gasteiger partial charge on any atom is 0.255 e. The first-order chi connectivity index (χ1) is 14.9. The quantitative estimate of drug-likeness (QED) is 0.531. The van der Waals surface area contributed by atoms with Crippen LogP contribution < -0.4 is 19.5 Å². The second-order valence-electron chi connectivity index (χ2n) is 6.65. The largest absolute Gasteiger partial charge is 0.495 e. The summed E-state index contributed by atoms with van der Waals surface area (Å²) < 4.78 is 38.8. The number of carbonyl (C=O) groups is 1. The van der Waals surface area contributed by atoms with Crippen molar-refractivity contribution in [3.05, 3.63) is 83.9 Å². The van der Waals surface area contributed by atoms with Gasteiger partial charge in [0.15, 0.2) is 0 Å². The van der Waals surface area contributed by atoms with Gasteiger partial charge in [0.25, 0.3) is 5.91 Å². The van der Waals surface area contributed by atoms with Crippen LogP contribution in [0.4, 0.5) is 5.69 Å². The summed E-state index contributed by atoms with van der Waals surface area (Å²) in [6, 6.07) is 20.8. The highest BCUT2D eigenvalue weighted by molar-refractivity contribution is 7.89. The van der Waals surface area contributed by atoms with Crippen molar-refractivity contribution in [2.24, 2.45) is 0 Å². The fourth-order valence-electron chi connectivity index (χ4n) is 3.02. The molecule has 0 atom stereocenters. The number of anilines is 1. The van der Waals surface area contributed by atoms with Crippen LogP contribution in [0, 0.1) is 0 Å². The molecule has 3 aromatic carbocycles. The summed E-state index contributed by atoms with van der Waals surface area (Å²) in [5.74, 6) is 0.189. The minimum atomic E-state index is -3.89. The number of ether oxygens (including phenoxy) is 2. The number of hydrogen-bond acceptors (Lipinski definition) is 5. The number of para-hydroxylation sites is 2. The number of hydrogen-bond donors (Lipinski definition) is 2. The van der Waals surface area contributed by atoms with Gasteiger partial charge in [-0.3, -0.25) is 4.79 Å². The lowest BCUT2D eigenvalue weighted by Gasteiger charge is -2.13. The molecule has 0 spiro atoms. The molecule has 0 aromatic heterocycles. The summed E-state index contributed by atoms with van der Waals surface area (Å²) in [6.07, 6.45) is 0.538. The van der Waals surface area contributed by atoms with Crippen LogP contribution in [-0.4, -0.2) is 35.1 Å². The number of nitrogens with one attached hydrogen (secondary N) is 2. The van der Waals surface area contributed by atoms with E-state index in [0.717, 1.165) is 5.56 Å². The molecular weight excluding hydrogens is 416 g/mol. The monoisotopic (exact) mass is 440 g/mol. The Labute approximate surface area is 182 Å². The van der Waals surface area contributed by atoms with Gasteiger partial charge in [0, 0.05) is 12.1 Å². The van der Waals surface area contributed by atoms with Crippen LogP contribution >= 0.6 is 0 Å². The molecule has 31 heavy (non-hydrogen) atoms. The van der Waals surface area contributed by atoms with Crippen LogP contribution in [0.15, 0.2) is 77.7 Å². The minimum Gasteiger partial charge on any atom is -0.495 e. The van der Waals surface area contributed by atoms with Crippen molar-refractivity contribution in [2.75, 3.05) is 26.1 Å². The van der Waals surface area contributed by atoms with Crippen LogP contribution in [0.5, 0.6) is 11.5 Å². The fourth-order valence-corrected chi connectivity index (χ4v) is 4.25. The average Bonchev–Trinajstić information content (AvgIpc) is 2.79. The molecule has 0 fully saturated rings. The van der Waals surface area contributed by atoms with Crippen molar-refractivity contribution >= 4 is 21.6 Å². The topological polar surface area (TPSA) is 93.7 Å². The summed E-state index contributed by atoms with van der Waals surface area (Å²) in [4.78, 5) is 12.6. The van der Waals surface area contributed by atoms with Crippen molar-refractivity contribution in [1.82, 2.24) is 4.72 Å². The standard InChI is InChI=1S/C23H24N2O5S/c1-29-20-11-7-6-10-19(20)25-23(26)18-12-13-21(30-2)22(16-18)31(27,28)24-15-14-17-8-4-3-5-9-17/h3-13,16,24H,14-15H2,1-2H3,(H,25,26). The lowest BCUT2D eigenvalue weighted by atomic mass is 10.2. The van der Waals surface area contributed by atoms with Gasteiger partial charge in [-0.25, -0.2) is 13.1 Å². The van der Waals surface area contributed by atoms with E-state index in [1.807, 2.05) is 30.3 Å². The minimum absolute atomic E-state index is 0.101. The molecule has 162 valence electrons. The molecule has 3 rings (SSSR count). The number of carbonyl (C=O) groups excluding carboxylic acids is 1. The van der Waals surface area contributed by atoms with E-state index in [1.54, 1.807) is 24.3 Å². The van der Waals surface area contributed by atoms with Gasteiger partial charge in [0.2, 0.25) is 10.0 Å². The van der Waals surface area contributed by atoms with Gasteiger partial charge in [-0.05, 0) is 42.3 Å². The van der Waals surface area contributed by atoms with Crippen LogP contribution in [0.25, 0.3) is 0 Å². The first-order valence-corrected chi connectivity index (χ1v) is 11.1. The molecule has 0 aliphatic rings. The van der Waals surface area contributed by atoms with Crippen molar-refractivity contribution in [1.29, 1.82) is 0 Å². The molecule has 0 radical (unpaired) electrons. The SMILES string of the molecule is COc1ccccc1NC(=O)c1ccc(OC)c(S(=O)(=O)NCCc2ccccc2)c1. The molecule has 0 heterocycles. The third kappa shape index (κ3) is 5.62. The molecule has 0 aliphatic heterocycles. The third-order valence-corrected chi connectivity index (χ3v) is 6.10. The second-order valence-corrected chi connectivity index (χ2v) is 8.39. The highest BCUT2D eigenvalue weighted by Crippen LogP contribution is 2.27. The lowest BCUT2D eigenvalue weighted by molar-refractivity contribution is 0.102. The van der Waals surface area contributed by atoms with E-state index >= 15 is 0 Å². The Morgan fingerprint density at radius 3 is 2.26 bits per heavy atom. The highest BCUT2D eigenvalue weighted by atomic mass is 32.2. The van der Waals surface area contributed by atoms with E-state index in [2.05, 4.69) is 10.0 Å². The zero-order valence-corrected chi connectivity index (χ0v) is 18.1. The smallest absolute Gasteiger partial charge is 0.255 e. The molecule has 0 saturated heterocycles. The first-order valence-electron chi connectivity index (χ1n) is 9.60. The van der Waals surface area contributed by atoms with Gasteiger partial charge in [-0.1, -0.05) is 42.5 Å². The Morgan fingerprint density at radius 1 is 0.871 bits per heavy atom. The number of sulfonamides is 1. The van der Waals surface area contributed by atoms with Crippen LogP contribution in [-0.2, 0) is 16.4 Å². The van der Waals surface area contributed by atoms with Gasteiger partial charge in [-0.2, -0.15) is 0 Å². The molecule has 0 saturated carbocycles. The van der Waals surface area contributed by atoms with Crippen LogP contribution in [0.2, 0.25) is 0 Å². The molecule has 8 heteroatoms. The predicted molar refractivity (Wildman–Crippen MR) is 119 cm³/mol. The number of methoxy groups -OCH3 is 2. The van der Waals surface area contributed by atoms with Crippen molar-refractivity contribution in [2.45, 2.75) is 11.3 Å². The second kappa shape index (κ2) is 10.1. The van der Waals surface area contributed by atoms with Crippen molar-refractivity contribution in [3.8, 4) is 11.5 Å². The Hall–Kier alpha value is -3.36. The van der Waals surface area contributed by atoms with Crippen molar-refractivity contribution in [3.63, 3.8) is 0 Å². The Kier molecular flexibility index (Phi) is 7.28. The fraction of sp³-hybridized carbons (Fsp3) is 0.174. The molecule has 0 bridgehead atoms. The van der Waals surface area contributed by atoms with E-state index in [-0.39, 0.29) is 22.8 Å². The summed E-state index contributed by atoms with van der Waals surface area (Å²) >= 11 is 0. The zero-order chi connectivity index (χ0) is 22.3. The molecule has 0 unspecified atom stereocenters. The van der Waals surface area contributed by atoms with Crippen LogP contribution in [0.1, 0.15) is 15.9 Å². The number of rotatable bonds is 9. The summed E-state index contributed by atoms with van der Waals surface area (Å²) in [5, 5.41) is 2.74. The Morgan fingerprint density at radius 2 is 1.55 bits per heavy atom. The lowest BCUT2D eigenvalue weighted by Crippen LogP contribution is -2.27. The Bertz CT molecular complexity index is 1150. The first kappa shape index (κ1) is 22.3. The summed E-state index contributed by atoms with van der Waals surface area (Å²) in [7, 11) is -1.01. The van der Waals surface area contributed by atoms with E-state index in [9.17, 15) is 13.2 Å². The zero-order valence-electron chi connectivity index (χ0n) is 17.3. The normalized spacial score (nSPS) is 11.0. The summed E-state index contributed by atoms with van der Waals surface area (Å²) in [6.45, 7) is 0.215. The van der Waals surface area contributed by atoms with E-state index in [1.165, 1.54) is 32.4 Å². The van der Waals surface area contributed by atoms with Gasteiger partial charge in [-0.15, -0.1) is 0 Å². The highest BCUT2D eigenvalue weighted by Gasteiger charge is 2.22. The van der Waals surface area contributed by atoms with Gasteiger partial charge >= 0.3 is 0 Å². The molecule has 2 N–H and O–H groups in total. The van der Waals surface area contributed by atoms with E-state index in [4.69, 9.17) is 9.47 Å².